The van der Waals surface area contributed by atoms with Crippen molar-refractivity contribution in [1.29, 1.82) is 0 Å². The molecule has 1 aromatic rings. The number of carboxylic acid groups (broad SMARTS) is 1. The third kappa shape index (κ3) is 6.54. The fraction of sp³-hybridized carbons (Fsp3) is 0.467. The Labute approximate surface area is 139 Å². The van der Waals surface area contributed by atoms with Crippen molar-refractivity contribution >= 4 is 35.3 Å². The summed E-state index contributed by atoms with van der Waals surface area (Å²) >= 11 is 11.9. The highest BCUT2D eigenvalue weighted by atomic mass is 35.5. The highest BCUT2D eigenvalue weighted by Crippen LogP contribution is 2.23. The van der Waals surface area contributed by atoms with Crippen LogP contribution in [0.1, 0.15) is 26.3 Å². The number of nitrogens with one attached hydrogen (secondary N) is 1. The average molecular weight is 348 g/mol. The lowest BCUT2D eigenvalue weighted by atomic mass is 9.99. The molecule has 122 valence electrons. The molecule has 1 aromatic carbocycles. The van der Waals surface area contributed by atoms with Crippen molar-refractivity contribution < 1.29 is 19.4 Å². The summed E-state index contributed by atoms with van der Waals surface area (Å²) in [4.78, 5) is 22.9. The van der Waals surface area contributed by atoms with E-state index < -0.39 is 23.6 Å². The number of rotatable bonds is 5. The van der Waals surface area contributed by atoms with Gasteiger partial charge in [-0.2, -0.15) is 0 Å². The van der Waals surface area contributed by atoms with Gasteiger partial charge in [-0.1, -0.05) is 23.2 Å². The van der Waals surface area contributed by atoms with Gasteiger partial charge in [-0.25, -0.2) is 4.79 Å². The van der Waals surface area contributed by atoms with Gasteiger partial charge in [-0.3, -0.25) is 4.79 Å². The van der Waals surface area contributed by atoms with Gasteiger partial charge < -0.3 is 15.2 Å². The lowest BCUT2D eigenvalue weighted by molar-refractivity contribution is -0.141. The molecule has 0 bridgehead atoms. The number of carboxylic acids is 1. The Kier molecular flexibility index (Phi) is 6.50. The Morgan fingerprint density at radius 3 is 2.50 bits per heavy atom. The second-order valence-electron chi connectivity index (χ2n) is 5.86. The standard InChI is InChI=1S/C15H19Cl2NO4/c1-15(2,3)22-14(21)18-8-10(13(19)20)6-9-7-11(16)4-5-12(9)17/h4-5,7,10H,6,8H2,1-3H3,(H,18,21)(H,19,20)/t10-/m0/s1. The van der Waals surface area contributed by atoms with Crippen LogP contribution in [0.15, 0.2) is 18.2 Å². The number of alkyl carbamates (subject to hydrolysis) is 1. The number of hydrogen-bond acceptors (Lipinski definition) is 3. The number of aliphatic carboxylic acids is 1. The van der Waals surface area contributed by atoms with E-state index in [0.717, 1.165) is 0 Å². The number of halogens is 2. The highest BCUT2D eigenvalue weighted by molar-refractivity contribution is 6.33. The van der Waals surface area contributed by atoms with E-state index in [2.05, 4.69) is 5.32 Å². The van der Waals surface area contributed by atoms with Crippen LogP contribution in [0.5, 0.6) is 0 Å². The van der Waals surface area contributed by atoms with Crippen molar-refractivity contribution in [3.8, 4) is 0 Å². The zero-order chi connectivity index (χ0) is 16.9. The Balaban J connectivity index is 2.69. The van der Waals surface area contributed by atoms with Gasteiger partial charge in [0.15, 0.2) is 0 Å². The summed E-state index contributed by atoms with van der Waals surface area (Å²) < 4.78 is 5.07. The van der Waals surface area contributed by atoms with Gasteiger partial charge in [0.2, 0.25) is 0 Å². The van der Waals surface area contributed by atoms with Gasteiger partial charge in [0.1, 0.15) is 5.60 Å². The van der Waals surface area contributed by atoms with Crippen molar-refractivity contribution in [2.75, 3.05) is 6.54 Å². The number of carbonyl (C=O) groups excluding carboxylic acids is 1. The summed E-state index contributed by atoms with van der Waals surface area (Å²) in [5.74, 6) is -1.87. The maximum Gasteiger partial charge on any atom is 0.407 e. The maximum atomic E-state index is 11.6. The van der Waals surface area contributed by atoms with Crippen LogP contribution in [-0.4, -0.2) is 29.3 Å². The van der Waals surface area contributed by atoms with Crippen LogP contribution in [-0.2, 0) is 16.0 Å². The summed E-state index contributed by atoms with van der Waals surface area (Å²) in [7, 11) is 0. The van der Waals surface area contributed by atoms with Gasteiger partial charge >= 0.3 is 12.1 Å². The first-order valence-corrected chi connectivity index (χ1v) is 7.47. The number of ether oxygens (including phenoxy) is 1. The van der Waals surface area contributed by atoms with Crippen molar-refractivity contribution in [3.05, 3.63) is 33.8 Å². The number of benzene rings is 1. The second-order valence-corrected chi connectivity index (χ2v) is 6.70. The number of amides is 1. The normalized spacial score (nSPS) is 12.6. The number of hydrogen-bond donors (Lipinski definition) is 2. The van der Waals surface area contributed by atoms with E-state index in [1.807, 2.05) is 0 Å². The second kappa shape index (κ2) is 7.70. The van der Waals surface area contributed by atoms with Gasteiger partial charge in [-0.05, 0) is 51.0 Å². The van der Waals surface area contributed by atoms with Gasteiger partial charge in [0.25, 0.3) is 0 Å². The smallest absolute Gasteiger partial charge is 0.407 e. The molecule has 0 fully saturated rings. The van der Waals surface area contributed by atoms with Crippen molar-refractivity contribution in [2.45, 2.75) is 32.8 Å². The van der Waals surface area contributed by atoms with Gasteiger partial charge in [0, 0.05) is 16.6 Å². The molecule has 0 saturated carbocycles. The lowest BCUT2D eigenvalue weighted by Crippen LogP contribution is -2.37. The van der Waals surface area contributed by atoms with Crippen molar-refractivity contribution in [1.82, 2.24) is 5.32 Å². The molecule has 0 unspecified atom stereocenters. The fourth-order valence-corrected chi connectivity index (χ4v) is 2.12. The van der Waals surface area contributed by atoms with Crippen LogP contribution in [0, 0.1) is 5.92 Å². The van der Waals surface area contributed by atoms with Crippen LogP contribution in [0.25, 0.3) is 0 Å². The molecule has 0 radical (unpaired) electrons. The minimum atomic E-state index is -1.04. The number of carbonyl (C=O) groups is 2. The molecule has 1 amide bonds. The van der Waals surface area contributed by atoms with Crippen molar-refractivity contribution in [2.24, 2.45) is 5.92 Å². The summed E-state index contributed by atoms with van der Waals surface area (Å²) in [5.41, 5.74) is -0.0217. The molecule has 1 rings (SSSR count). The Morgan fingerprint density at radius 2 is 1.95 bits per heavy atom. The van der Waals surface area contributed by atoms with Crippen LogP contribution >= 0.6 is 23.2 Å². The fourth-order valence-electron chi connectivity index (χ4n) is 1.73. The zero-order valence-electron chi connectivity index (χ0n) is 12.7. The quantitative estimate of drug-likeness (QED) is 0.850. The molecule has 5 nitrogen and oxygen atoms in total. The van der Waals surface area contributed by atoms with Crippen LogP contribution in [0.4, 0.5) is 4.79 Å². The Bertz CT molecular complexity index is 555. The monoisotopic (exact) mass is 347 g/mol. The molecule has 0 aliphatic carbocycles. The molecule has 0 spiro atoms. The van der Waals surface area contributed by atoms with E-state index in [4.69, 9.17) is 27.9 Å². The molecule has 0 heterocycles. The summed E-state index contributed by atoms with van der Waals surface area (Å²) in [5, 5.41) is 12.6. The zero-order valence-corrected chi connectivity index (χ0v) is 14.2. The SMILES string of the molecule is CC(C)(C)OC(=O)NC[C@H](Cc1cc(Cl)ccc1Cl)C(=O)O. The minimum absolute atomic E-state index is 0.0624. The molecule has 0 aromatic heterocycles. The van der Waals surface area contributed by atoms with E-state index in [1.54, 1.807) is 39.0 Å². The molecule has 2 N–H and O–H groups in total. The molecule has 22 heavy (non-hydrogen) atoms. The Morgan fingerprint density at radius 1 is 1.32 bits per heavy atom. The van der Waals surface area contributed by atoms with E-state index in [-0.39, 0.29) is 13.0 Å². The largest absolute Gasteiger partial charge is 0.481 e. The topological polar surface area (TPSA) is 75.6 Å². The maximum absolute atomic E-state index is 11.6. The molecule has 0 aliphatic rings. The first-order chi connectivity index (χ1) is 10.1. The van der Waals surface area contributed by atoms with Gasteiger partial charge in [0.05, 0.1) is 5.92 Å². The van der Waals surface area contributed by atoms with E-state index in [1.165, 1.54) is 0 Å². The minimum Gasteiger partial charge on any atom is -0.481 e. The van der Waals surface area contributed by atoms with Gasteiger partial charge in [-0.15, -0.1) is 0 Å². The third-order valence-electron chi connectivity index (χ3n) is 2.72. The first-order valence-electron chi connectivity index (χ1n) is 6.72. The summed E-state index contributed by atoms with van der Waals surface area (Å²) in [6.45, 7) is 5.13. The molecule has 1 atom stereocenters. The van der Waals surface area contributed by atoms with Crippen LogP contribution in [0.2, 0.25) is 10.0 Å². The lowest BCUT2D eigenvalue weighted by Gasteiger charge is -2.21. The summed E-state index contributed by atoms with van der Waals surface area (Å²) in [6.07, 6.45) is -0.499. The van der Waals surface area contributed by atoms with E-state index in [9.17, 15) is 14.7 Å². The molecule has 7 heteroatoms. The molecule has 0 saturated heterocycles. The third-order valence-corrected chi connectivity index (χ3v) is 3.32. The van der Waals surface area contributed by atoms with Crippen molar-refractivity contribution in [3.63, 3.8) is 0 Å². The summed E-state index contributed by atoms with van der Waals surface area (Å²) in [6, 6.07) is 4.86. The van der Waals surface area contributed by atoms with E-state index in [0.29, 0.717) is 15.6 Å². The predicted molar refractivity (Wildman–Crippen MR) is 85.5 cm³/mol. The molecular weight excluding hydrogens is 329 g/mol. The molecule has 0 aliphatic heterocycles. The Hall–Kier alpha value is -1.46. The predicted octanol–water partition coefficient (Wildman–Crippen LogP) is 3.76. The van der Waals surface area contributed by atoms with Crippen LogP contribution < -0.4 is 5.32 Å². The average Bonchev–Trinajstić information content (AvgIpc) is 2.36. The molecular formula is C15H19Cl2NO4. The van der Waals surface area contributed by atoms with Crippen LogP contribution in [0.3, 0.4) is 0 Å². The first kappa shape index (κ1) is 18.6. The van der Waals surface area contributed by atoms with E-state index >= 15 is 0 Å². The highest BCUT2D eigenvalue weighted by Gasteiger charge is 2.22.